The van der Waals surface area contributed by atoms with Crippen molar-refractivity contribution in [3.8, 4) is 12.0 Å². The number of nitrogens with two attached hydrogens (primary N) is 2. The number of esters is 2. The number of nitrogens with one attached hydrogen (secondary N) is 1. The Balaban J connectivity index is 0.000000517. The number of rotatable bonds is 34. The number of carbonyl (C=O) groups is 4. The largest absolute Gasteiger partial charge is 0.480 e. The van der Waals surface area contributed by atoms with Gasteiger partial charge in [0.15, 0.2) is 0 Å². The van der Waals surface area contributed by atoms with Gasteiger partial charge in [0.2, 0.25) is 29.2 Å². The molecule has 31 heteroatoms. The number of halogens is 1. The van der Waals surface area contributed by atoms with Crippen LogP contribution in [0, 0.1) is 20.2 Å². The molecule has 1 amide bonds. The maximum Gasteiger partial charge on any atom is 0.353 e. The molecule has 0 spiro atoms. The minimum Gasteiger partial charge on any atom is -0.480 e. The molecule has 2 aliphatic rings. The summed E-state index contributed by atoms with van der Waals surface area (Å²) in [5.41, 5.74) is 13.0. The van der Waals surface area contributed by atoms with Gasteiger partial charge in [-0.05, 0) is 71.3 Å². The molecule has 6 N–H and O–H groups in total. The number of carbonyl (C=O) groups excluding carboxylic acids is 3. The van der Waals surface area contributed by atoms with Crippen molar-refractivity contribution in [3.63, 3.8) is 0 Å². The first-order chi connectivity index (χ1) is 42.8. The summed E-state index contributed by atoms with van der Waals surface area (Å²) in [7, 11) is 5.04. The third-order valence-electron chi connectivity index (χ3n) is 13.7. The van der Waals surface area contributed by atoms with Crippen molar-refractivity contribution in [2.75, 3.05) is 167 Å². The monoisotopic (exact) mass is 1290 g/mol. The van der Waals surface area contributed by atoms with Crippen molar-refractivity contribution in [1.29, 1.82) is 0 Å². The molecular formula is C59H96FN16O13P. The van der Waals surface area contributed by atoms with Crippen LogP contribution in [-0.4, -0.2) is 228 Å². The number of piperazine rings is 2. The van der Waals surface area contributed by atoms with Gasteiger partial charge < -0.3 is 65.3 Å². The van der Waals surface area contributed by atoms with Gasteiger partial charge in [-0.15, -0.1) is 0 Å². The molecule has 6 rings (SSSR count). The second-order valence-electron chi connectivity index (χ2n) is 20.7. The van der Waals surface area contributed by atoms with Gasteiger partial charge in [-0.3, -0.25) is 49.2 Å². The number of aliphatic carboxylic acids is 1. The van der Waals surface area contributed by atoms with Crippen molar-refractivity contribution in [2.45, 2.75) is 86.7 Å². The molecule has 2 aliphatic heterocycles. The molecule has 2 saturated heterocycles. The number of carboxylic acid groups (broad SMARTS) is 1. The highest BCUT2D eigenvalue weighted by atomic mass is 31.1. The van der Waals surface area contributed by atoms with Gasteiger partial charge in [0.1, 0.15) is 13.1 Å². The van der Waals surface area contributed by atoms with Gasteiger partial charge in [0, 0.05) is 85.1 Å². The summed E-state index contributed by atoms with van der Waals surface area (Å²) in [6, 6.07) is 19.5. The Morgan fingerprint density at radius 3 is 1.47 bits per heavy atom. The van der Waals surface area contributed by atoms with Gasteiger partial charge in [0.25, 0.3) is 0 Å². The van der Waals surface area contributed by atoms with Crippen LogP contribution in [0.4, 0.5) is 38.8 Å². The normalized spacial score (nSPS) is 13.2. The summed E-state index contributed by atoms with van der Waals surface area (Å²) in [6.45, 7) is 18.1. The van der Waals surface area contributed by atoms with Crippen LogP contribution < -0.4 is 36.1 Å². The maximum absolute atomic E-state index is 13.5. The number of hydrogen-bond acceptors (Lipinski definition) is 25. The van der Waals surface area contributed by atoms with Crippen LogP contribution in [0.3, 0.4) is 0 Å². The fourth-order valence-corrected chi connectivity index (χ4v) is 8.93. The Morgan fingerprint density at radius 2 is 1.06 bits per heavy atom. The molecule has 4 heterocycles. The number of nitro groups is 2. The number of likely N-dealkylation sites (N-methyl/N-ethyl adjacent to an activating group) is 2. The van der Waals surface area contributed by atoms with Crippen LogP contribution in [0.1, 0.15) is 84.8 Å². The Kier molecular flexibility index (Phi) is 38.9. The SMILES string of the molecule is C.CCCCOc1nc(N)c([N+](=O)[O-])c(N(CCCN(Cc2ccccc2)C(=O)CN2CCN(C)CC2)CC(=O)OCC)n1.CCCCOc1nc(N)c([N+](=O)[O-])c(N(CCCNCc2ccccc2)CC(=O)OCC)n1.CN1CCN(CC(=O)O)CC1.FP. The average molecular weight is 1290 g/mol. The Labute approximate surface area is 530 Å². The molecule has 0 radical (unpaired) electrons. The fourth-order valence-electron chi connectivity index (χ4n) is 8.93. The van der Waals surface area contributed by atoms with Crippen molar-refractivity contribution >= 4 is 68.0 Å². The molecular weight excluding hydrogens is 1190 g/mol. The van der Waals surface area contributed by atoms with E-state index in [-0.39, 0.29) is 88.0 Å². The number of anilines is 4. The van der Waals surface area contributed by atoms with Crippen LogP contribution in [-0.2, 0) is 41.7 Å². The highest BCUT2D eigenvalue weighted by Gasteiger charge is 2.32. The number of nitrogens with zero attached hydrogens (tertiary/aromatic N) is 13. The molecule has 2 fully saturated rings. The van der Waals surface area contributed by atoms with E-state index in [0.717, 1.165) is 98.7 Å². The molecule has 29 nitrogen and oxygen atoms in total. The lowest BCUT2D eigenvalue weighted by Gasteiger charge is -2.33. The second-order valence-corrected chi connectivity index (χ2v) is 20.7. The summed E-state index contributed by atoms with van der Waals surface area (Å²) in [5.74, 6) is -2.69. The Bertz CT molecular complexity index is 2740. The number of nitrogen functional groups attached to an aromatic ring is 2. The van der Waals surface area contributed by atoms with Crippen LogP contribution in [0.5, 0.6) is 12.0 Å². The lowest BCUT2D eigenvalue weighted by molar-refractivity contribution is -0.383. The van der Waals surface area contributed by atoms with Crippen LogP contribution in [0.2, 0.25) is 0 Å². The molecule has 90 heavy (non-hydrogen) atoms. The predicted molar refractivity (Wildman–Crippen MR) is 347 cm³/mol. The van der Waals surface area contributed by atoms with Crippen molar-refractivity contribution in [1.82, 2.24) is 49.8 Å². The summed E-state index contributed by atoms with van der Waals surface area (Å²) in [6.07, 6.45) is 4.28. The van der Waals surface area contributed by atoms with Gasteiger partial charge >= 0.3 is 41.3 Å². The van der Waals surface area contributed by atoms with E-state index >= 15 is 0 Å². The van der Waals surface area contributed by atoms with E-state index in [1.54, 1.807) is 18.7 Å². The summed E-state index contributed by atoms with van der Waals surface area (Å²) in [5, 5.41) is 35.5. The molecule has 4 aromatic rings. The zero-order chi connectivity index (χ0) is 65.5. The molecule has 2 aromatic carbocycles. The third kappa shape index (κ3) is 29.7. The standard InChI is InChI=1S/C29H44N8O6.C22H32N6O5.C7H14N2O2.CH4.FH2P/c1-4-6-19-43-29-31-27(30)26(37(40)41)28(32-29)36(22-25(39)42-5-2)14-10-13-35(20-23-11-8-7-9-12-23)24(38)21-34-17-15-33(3)16-18-34;1-3-5-14-33-22-25-20(23)19(28(30)31)21(26-22)27(16-18(29)32-4-2)13-9-12-24-15-17-10-7-6-8-11-17;1-8-2-4-9(5-3-8)6-7(10)11;;1-2/h7-9,11-12H,4-6,10,13-22H2,1-3H3,(H2,30,31,32);6-8,10-11,24H,3-5,9,12-16H2,1-2H3,(H2,23,25,26);2-6H2,1H3,(H,10,11);1H4;2H2. The Hall–Kier alpha value is -7.76. The molecule has 0 aliphatic carbocycles. The van der Waals surface area contributed by atoms with E-state index in [4.69, 9.17) is 35.5 Å². The van der Waals surface area contributed by atoms with E-state index in [9.17, 15) is 43.6 Å². The lowest BCUT2D eigenvalue weighted by Crippen LogP contribution is -2.49. The average Bonchev–Trinajstić information content (AvgIpc) is 0.940. The first kappa shape index (κ1) is 78.3. The molecule has 0 bridgehead atoms. The second kappa shape index (κ2) is 44.6. The van der Waals surface area contributed by atoms with E-state index in [2.05, 4.69) is 54.0 Å². The van der Waals surface area contributed by atoms with Crippen molar-refractivity contribution in [3.05, 3.63) is 92.0 Å². The van der Waals surface area contributed by atoms with E-state index in [1.165, 1.54) is 9.80 Å². The number of amides is 1. The zero-order valence-electron chi connectivity index (χ0n) is 52.3. The quantitative estimate of drug-likeness (QED) is 0.0146. The van der Waals surface area contributed by atoms with Gasteiger partial charge in [0.05, 0.1) is 58.9 Å². The third-order valence-corrected chi connectivity index (χ3v) is 13.7. The van der Waals surface area contributed by atoms with Gasteiger partial charge in [-0.1, -0.05) is 94.8 Å². The number of benzene rings is 2. The topological polar surface area (TPSA) is 350 Å². The summed E-state index contributed by atoms with van der Waals surface area (Å²) >= 11 is 0. The number of ether oxygens (including phenoxy) is 4. The van der Waals surface area contributed by atoms with Crippen LogP contribution >= 0.6 is 9.55 Å². The number of aromatic nitrogens is 4. The van der Waals surface area contributed by atoms with Crippen molar-refractivity contribution < 1.29 is 57.3 Å². The van der Waals surface area contributed by atoms with E-state index in [1.807, 2.05) is 79.4 Å². The predicted octanol–water partition coefficient (Wildman–Crippen LogP) is 5.58. The first-order valence-corrected chi connectivity index (χ1v) is 30.3. The van der Waals surface area contributed by atoms with E-state index in [0.29, 0.717) is 65.3 Å². The Morgan fingerprint density at radius 1 is 0.633 bits per heavy atom. The summed E-state index contributed by atoms with van der Waals surface area (Å²) < 4.78 is 30.7. The van der Waals surface area contributed by atoms with Crippen molar-refractivity contribution in [2.24, 2.45) is 0 Å². The summed E-state index contributed by atoms with van der Waals surface area (Å²) in [4.78, 5) is 101. The molecule has 1 atom stereocenters. The minimum absolute atomic E-state index is 0. The van der Waals surface area contributed by atoms with E-state index < -0.39 is 39.1 Å². The highest BCUT2D eigenvalue weighted by molar-refractivity contribution is 7.09. The molecule has 2 aromatic heterocycles. The molecule has 1 unspecified atom stereocenters. The molecule has 0 saturated carbocycles. The molecule has 502 valence electrons. The lowest BCUT2D eigenvalue weighted by atomic mass is 10.2. The fraction of sp³-hybridized carbons (Fsp3) is 0.593. The number of hydrogen-bond donors (Lipinski definition) is 4. The minimum atomic E-state index is -0.727. The smallest absolute Gasteiger partial charge is 0.353 e. The zero-order valence-corrected chi connectivity index (χ0v) is 53.5. The maximum atomic E-state index is 13.5. The number of carboxylic acids is 1. The highest BCUT2D eigenvalue weighted by Crippen LogP contribution is 2.34. The number of unbranched alkanes of at least 4 members (excludes halogenated alkanes) is 2. The first-order valence-electron chi connectivity index (χ1n) is 29.9. The van der Waals surface area contributed by atoms with Gasteiger partial charge in [-0.2, -0.15) is 19.9 Å². The van der Waals surface area contributed by atoms with Crippen LogP contribution in [0.15, 0.2) is 60.7 Å². The van der Waals surface area contributed by atoms with Crippen LogP contribution in [0.25, 0.3) is 0 Å². The van der Waals surface area contributed by atoms with Gasteiger partial charge in [-0.25, -0.2) is 4.20 Å².